The maximum atomic E-state index is 5.35. The molecule has 10 heavy (non-hydrogen) atoms. The van der Waals surface area contributed by atoms with Crippen LogP contribution in [0.1, 0.15) is 33.1 Å². The van der Waals surface area contributed by atoms with Crippen LogP contribution in [0, 0.1) is 0 Å². The Balaban J connectivity index is 2.77. The third-order valence-electron chi connectivity index (χ3n) is 1.30. The van der Waals surface area contributed by atoms with Crippen molar-refractivity contribution < 1.29 is 4.74 Å². The molecule has 0 unspecified atom stereocenters. The summed E-state index contributed by atoms with van der Waals surface area (Å²) in [5.74, 6) is 0. The van der Waals surface area contributed by atoms with Crippen molar-refractivity contribution in [1.29, 1.82) is 0 Å². The van der Waals surface area contributed by atoms with Crippen LogP contribution in [-0.2, 0) is 4.74 Å². The summed E-state index contributed by atoms with van der Waals surface area (Å²) in [7, 11) is 5.33. The zero-order valence-corrected chi connectivity index (χ0v) is 7.10. The van der Waals surface area contributed by atoms with E-state index in [0.29, 0.717) is 6.10 Å². The minimum Gasteiger partial charge on any atom is -0.379 e. The van der Waals surface area contributed by atoms with Crippen LogP contribution in [-0.4, -0.2) is 20.6 Å². The van der Waals surface area contributed by atoms with Gasteiger partial charge in [-0.15, -0.1) is 0 Å². The second-order valence-electron chi connectivity index (χ2n) is 2.77. The predicted molar refractivity (Wildman–Crippen MR) is 45.5 cm³/mol. The van der Waals surface area contributed by atoms with E-state index in [0.717, 1.165) is 25.8 Å². The molecule has 58 valence electrons. The topological polar surface area (TPSA) is 9.23 Å². The second-order valence-corrected chi connectivity index (χ2v) is 2.77. The van der Waals surface area contributed by atoms with Gasteiger partial charge in [0.15, 0.2) is 0 Å². The molecule has 0 amide bonds. The Bertz CT molecular complexity index is 64.3. The van der Waals surface area contributed by atoms with Gasteiger partial charge in [-0.1, -0.05) is 19.2 Å². The van der Waals surface area contributed by atoms with E-state index in [4.69, 9.17) is 12.6 Å². The average molecular weight is 140 g/mol. The van der Waals surface area contributed by atoms with Crippen LogP contribution >= 0.6 is 0 Å². The Morgan fingerprint density at radius 2 is 1.90 bits per heavy atom. The molecule has 0 aromatic carbocycles. The van der Waals surface area contributed by atoms with Crippen LogP contribution in [0.5, 0.6) is 0 Å². The Morgan fingerprint density at radius 1 is 1.20 bits per heavy atom. The zero-order valence-electron chi connectivity index (χ0n) is 7.10. The molecule has 0 heterocycles. The molecular formula is C8H17BO. The first-order valence-electron chi connectivity index (χ1n) is 4.09. The lowest BCUT2D eigenvalue weighted by Gasteiger charge is -2.05. The lowest BCUT2D eigenvalue weighted by Crippen LogP contribution is -2.03. The van der Waals surface area contributed by atoms with Crippen LogP contribution < -0.4 is 0 Å². The van der Waals surface area contributed by atoms with Crippen LogP contribution in [0.2, 0.25) is 6.32 Å². The van der Waals surface area contributed by atoms with Gasteiger partial charge in [0.1, 0.15) is 0 Å². The number of rotatable bonds is 6. The first-order valence-corrected chi connectivity index (χ1v) is 4.09. The highest BCUT2D eigenvalue weighted by Gasteiger charge is 1.91. The molecule has 0 aliphatic carbocycles. The quantitative estimate of drug-likeness (QED) is 0.405. The van der Waals surface area contributed by atoms with E-state index in [9.17, 15) is 0 Å². The first-order chi connectivity index (χ1) is 4.77. The molecule has 0 aliphatic heterocycles. The fourth-order valence-corrected chi connectivity index (χ4v) is 0.742. The largest absolute Gasteiger partial charge is 0.379 e. The van der Waals surface area contributed by atoms with E-state index in [1.54, 1.807) is 0 Å². The molecule has 0 saturated heterocycles. The van der Waals surface area contributed by atoms with Crippen molar-refractivity contribution in [3.05, 3.63) is 0 Å². The van der Waals surface area contributed by atoms with Crippen molar-refractivity contribution in [2.75, 3.05) is 6.61 Å². The van der Waals surface area contributed by atoms with Crippen molar-refractivity contribution in [2.45, 2.75) is 45.5 Å². The van der Waals surface area contributed by atoms with Gasteiger partial charge in [-0.3, -0.25) is 0 Å². The summed E-state index contributed by atoms with van der Waals surface area (Å²) in [6.07, 6.45) is 4.65. The van der Waals surface area contributed by atoms with Crippen molar-refractivity contribution >= 4 is 7.85 Å². The van der Waals surface area contributed by atoms with Gasteiger partial charge in [-0.05, 0) is 20.3 Å². The van der Waals surface area contributed by atoms with Crippen molar-refractivity contribution in [3.63, 3.8) is 0 Å². The second kappa shape index (κ2) is 7.14. The maximum Gasteiger partial charge on any atom is 0.0653 e. The van der Waals surface area contributed by atoms with Gasteiger partial charge >= 0.3 is 0 Å². The molecule has 0 aromatic heterocycles. The molecule has 0 atom stereocenters. The Kier molecular flexibility index (Phi) is 7.15. The minimum absolute atomic E-state index is 0.373. The fourth-order valence-electron chi connectivity index (χ4n) is 0.742. The van der Waals surface area contributed by atoms with E-state index in [1.165, 1.54) is 6.42 Å². The van der Waals surface area contributed by atoms with Crippen molar-refractivity contribution in [2.24, 2.45) is 0 Å². The number of ether oxygens (including phenoxy) is 1. The molecule has 0 bridgehead atoms. The minimum atomic E-state index is 0.373. The lowest BCUT2D eigenvalue weighted by atomic mass is 10.00. The van der Waals surface area contributed by atoms with Gasteiger partial charge in [0.2, 0.25) is 0 Å². The van der Waals surface area contributed by atoms with Gasteiger partial charge < -0.3 is 4.74 Å². The third kappa shape index (κ3) is 8.02. The highest BCUT2D eigenvalue weighted by molar-refractivity contribution is 6.08. The van der Waals surface area contributed by atoms with Gasteiger partial charge in [0.25, 0.3) is 0 Å². The van der Waals surface area contributed by atoms with Gasteiger partial charge in [-0.25, -0.2) is 0 Å². The summed E-state index contributed by atoms with van der Waals surface area (Å²) >= 11 is 0. The fraction of sp³-hybridized carbons (Fsp3) is 1.00. The SMILES string of the molecule is [B]CCCCCOC(C)C. The number of hydrogen-bond donors (Lipinski definition) is 0. The molecule has 2 heteroatoms. The van der Waals surface area contributed by atoms with Crippen LogP contribution in [0.25, 0.3) is 0 Å². The maximum absolute atomic E-state index is 5.35. The Labute approximate surface area is 65.6 Å². The molecular weight excluding hydrogens is 123 g/mol. The molecule has 0 aliphatic rings. The first kappa shape index (κ1) is 10.0. The number of hydrogen-bond acceptors (Lipinski definition) is 1. The predicted octanol–water partition coefficient (Wildman–Crippen LogP) is 2.17. The molecule has 1 nitrogen and oxygen atoms in total. The summed E-state index contributed by atoms with van der Waals surface area (Å²) in [5, 5.41) is 0. The molecule has 2 radical (unpaired) electrons. The highest BCUT2D eigenvalue weighted by atomic mass is 16.5. The normalized spacial score (nSPS) is 10.7. The monoisotopic (exact) mass is 140 g/mol. The Hall–Kier alpha value is 0.0249. The van der Waals surface area contributed by atoms with Crippen LogP contribution in [0.15, 0.2) is 0 Å². The zero-order chi connectivity index (χ0) is 7.82. The molecule has 0 fully saturated rings. The van der Waals surface area contributed by atoms with Gasteiger partial charge in [0, 0.05) is 6.61 Å². The lowest BCUT2D eigenvalue weighted by molar-refractivity contribution is 0.0759. The smallest absolute Gasteiger partial charge is 0.0653 e. The van der Waals surface area contributed by atoms with Gasteiger partial charge in [0.05, 0.1) is 14.0 Å². The van der Waals surface area contributed by atoms with E-state index in [2.05, 4.69) is 13.8 Å². The van der Waals surface area contributed by atoms with E-state index in [1.807, 2.05) is 0 Å². The summed E-state index contributed by atoms with van der Waals surface area (Å²) in [6, 6.07) is 0. The standard InChI is InChI=1S/C8H17BO/c1-8(2)10-7-5-3-4-6-9/h8H,3-7H2,1-2H3. The van der Waals surface area contributed by atoms with E-state index < -0.39 is 0 Å². The van der Waals surface area contributed by atoms with E-state index in [-0.39, 0.29) is 0 Å². The van der Waals surface area contributed by atoms with Gasteiger partial charge in [-0.2, -0.15) is 0 Å². The third-order valence-corrected chi connectivity index (χ3v) is 1.30. The van der Waals surface area contributed by atoms with Crippen LogP contribution in [0.4, 0.5) is 0 Å². The molecule has 0 rings (SSSR count). The molecule has 0 saturated carbocycles. The van der Waals surface area contributed by atoms with Crippen molar-refractivity contribution in [3.8, 4) is 0 Å². The van der Waals surface area contributed by atoms with Crippen molar-refractivity contribution in [1.82, 2.24) is 0 Å². The highest BCUT2D eigenvalue weighted by Crippen LogP contribution is 1.99. The van der Waals surface area contributed by atoms with Crippen LogP contribution in [0.3, 0.4) is 0 Å². The summed E-state index contributed by atoms with van der Waals surface area (Å²) in [6.45, 7) is 5.00. The summed E-state index contributed by atoms with van der Waals surface area (Å²) < 4.78 is 5.35. The molecule has 0 spiro atoms. The molecule has 0 N–H and O–H groups in total. The summed E-state index contributed by atoms with van der Waals surface area (Å²) in [4.78, 5) is 0. The number of unbranched alkanes of at least 4 members (excludes halogenated alkanes) is 2. The summed E-state index contributed by atoms with van der Waals surface area (Å²) in [5.41, 5.74) is 0. The van der Waals surface area contributed by atoms with E-state index >= 15 is 0 Å². The average Bonchev–Trinajstić information content (AvgIpc) is 1.87. The molecule has 0 aromatic rings. The Morgan fingerprint density at radius 3 is 2.40 bits per heavy atom.